The number of fused-ring (bicyclic) bond motifs is 1. The van der Waals surface area contributed by atoms with Gasteiger partial charge in [0.1, 0.15) is 10.2 Å². The molecule has 0 unspecified atom stereocenters. The molecule has 0 spiro atoms. The first-order valence-electron chi connectivity index (χ1n) is 8.08. The molecule has 0 aliphatic carbocycles. The molecule has 0 atom stereocenters. The van der Waals surface area contributed by atoms with Crippen LogP contribution < -0.4 is 21.1 Å². The molecule has 13 heteroatoms. The van der Waals surface area contributed by atoms with E-state index in [1.165, 1.54) is 18.2 Å². The Kier molecular flexibility index (Phi) is 7.02. The summed E-state index contributed by atoms with van der Waals surface area (Å²) in [6.07, 6.45) is 0. The van der Waals surface area contributed by atoms with Crippen LogP contribution in [0, 0.1) is 0 Å². The summed E-state index contributed by atoms with van der Waals surface area (Å²) in [5.41, 5.74) is 1.47. The Hall–Kier alpha value is -1.75. The van der Waals surface area contributed by atoms with E-state index in [2.05, 4.69) is 4.98 Å². The Morgan fingerprint density at radius 2 is 1.82 bits per heavy atom. The van der Waals surface area contributed by atoms with E-state index in [1.54, 1.807) is 13.8 Å². The molecule has 154 valence electrons. The topological polar surface area (TPSA) is 144 Å². The second-order valence-corrected chi connectivity index (χ2v) is 9.52. The van der Waals surface area contributed by atoms with E-state index in [4.69, 9.17) is 20.6 Å². The third-order valence-corrected chi connectivity index (χ3v) is 7.25. The second-order valence-electron chi connectivity index (χ2n) is 5.47. The van der Waals surface area contributed by atoms with Crippen LogP contribution in [0.15, 0.2) is 27.9 Å². The number of hydrogen-bond donors (Lipinski definition) is 3. The van der Waals surface area contributed by atoms with Crippen molar-refractivity contribution < 1.29 is 26.8 Å². The Balaban J connectivity index is 2.67. The quantitative estimate of drug-likeness (QED) is 0.406. The second kappa shape index (κ2) is 8.73. The van der Waals surface area contributed by atoms with Gasteiger partial charge in [0.15, 0.2) is 0 Å². The molecule has 0 aliphatic rings. The van der Waals surface area contributed by atoms with E-state index in [1.807, 2.05) is 10.3 Å². The first-order chi connectivity index (χ1) is 13.0. The summed E-state index contributed by atoms with van der Waals surface area (Å²) in [6, 6.07) is 3.63. The highest BCUT2D eigenvalue weighted by molar-refractivity contribution is 7.89. The number of pyridine rings is 1. The average molecular weight is 452 g/mol. The molecule has 0 bridgehead atoms. The molecule has 0 fully saturated rings. The van der Waals surface area contributed by atoms with Gasteiger partial charge in [-0.2, -0.15) is 0 Å². The monoisotopic (exact) mass is 451 g/mol. The van der Waals surface area contributed by atoms with Crippen LogP contribution in [-0.2, 0) is 28.4 Å². The molecule has 1 heterocycles. The number of carbonyl (C=O) groups is 1. The van der Waals surface area contributed by atoms with Gasteiger partial charge in [0.05, 0.1) is 18.2 Å². The number of hydrazine groups is 1. The van der Waals surface area contributed by atoms with Crippen LogP contribution in [0.25, 0.3) is 10.9 Å². The highest BCUT2D eigenvalue weighted by Crippen LogP contribution is 2.46. The number of sulfonamides is 1. The number of rotatable bonds is 8. The highest BCUT2D eigenvalue weighted by Gasteiger charge is 2.31. The van der Waals surface area contributed by atoms with Crippen LogP contribution >= 0.6 is 19.2 Å². The van der Waals surface area contributed by atoms with E-state index in [9.17, 15) is 22.6 Å². The molecule has 0 saturated heterocycles. The Bertz CT molecular complexity index is 1110. The molecule has 0 aliphatic heterocycles. The zero-order valence-corrected chi connectivity index (χ0v) is 17.7. The van der Waals surface area contributed by atoms with Crippen molar-refractivity contribution in [3.63, 3.8) is 0 Å². The summed E-state index contributed by atoms with van der Waals surface area (Å²) < 4.78 is 48.0. The molecule has 0 radical (unpaired) electrons. The SMILES string of the molecule is CCOP(=O)(OCC)c1cc2cc(S(=O)(=O)NNC(C)=O)c(Cl)cc2[nH]c1=O. The predicted octanol–water partition coefficient (Wildman–Crippen LogP) is 1.40. The van der Waals surface area contributed by atoms with E-state index < -0.39 is 29.1 Å². The summed E-state index contributed by atoms with van der Waals surface area (Å²) in [7, 11) is -8.10. The van der Waals surface area contributed by atoms with Crippen LogP contribution in [0.1, 0.15) is 20.8 Å². The van der Waals surface area contributed by atoms with Gasteiger partial charge in [-0.15, -0.1) is 4.83 Å². The van der Waals surface area contributed by atoms with Crippen LogP contribution in [0.2, 0.25) is 5.02 Å². The lowest BCUT2D eigenvalue weighted by molar-refractivity contribution is -0.119. The van der Waals surface area contributed by atoms with Crippen molar-refractivity contribution >= 4 is 51.3 Å². The van der Waals surface area contributed by atoms with Crippen LogP contribution in [0.3, 0.4) is 0 Å². The maximum atomic E-state index is 12.9. The van der Waals surface area contributed by atoms with Gasteiger partial charge < -0.3 is 14.0 Å². The maximum absolute atomic E-state index is 12.9. The summed E-state index contributed by atoms with van der Waals surface area (Å²) in [4.78, 5) is 27.4. The van der Waals surface area contributed by atoms with Crippen molar-refractivity contribution in [2.24, 2.45) is 0 Å². The van der Waals surface area contributed by atoms with Gasteiger partial charge in [0.25, 0.3) is 15.6 Å². The minimum absolute atomic E-state index is 0.0373. The standard InChI is InChI=1S/C15H19ClN3O7PS/c1-4-25-27(22,26-5-2)13-6-10-7-14(28(23,24)19-18-9(3)20)11(16)8-12(10)17-15(13)21/h6-8,19H,4-5H2,1-3H3,(H,17,21)(H,18,20). The highest BCUT2D eigenvalue weighted by atomic mass is 35.5. The van der Waals surface area contributed by atoms with Crippen molar-refractivity contribution in [2.45, 2.75) is 25.7 Å². The molecule has 0 saturated carbocycles. The van der Waals surface area contributed by atoms with E-state index in [-0.39, 0.29) is 39.3 Å². The number of nitrogens with one attached hydrogen (secondary N) is 3. The van der Waals surface area contributed by atoms with Gasteiger partial charge in [0, 0.05) is 17.8 Å². The lowest BCUT2D eigenvalue weighted by Crippen LogP contribution is -2.40. The van der Waals surface area contributed by atoms with Crippen molar-refractivity contribution in [1.29, 1.82) is 0 Å². The van der Waals surface area contributed by atoms with Crippen molar-refractivity contribution in [1.82, 2.24) is 15.2 Å². The summed E-state index contributed by atoms with van der Waals surface area (Å²) >= 11 is 6.03. The fourth-order valence-electron chi connectivity index (χ4n) is 2.32. The molecular weight excluding hydrogens is 433 g/mol. The minimum Gasteiger partial charge on any atom is -0.321 e. The normalized spacial score (nSPS) is 12.3. The van der Waals surface area contributed by atoms with Crippen LogP contribution in [0.5, 0.6) is 0 Å². The fourth-order valence-corrected chi connectivity index (χ4v) is 5.40. The number of hydrogen-bond acceptors (Lipinski definition) is 7. The Morgan fingerprint density at radius 3 is 2.36 bits per heavy atom. The molecule has 2 rings (SSSR count). The fraction of sp³-hybridized carbons (Fsp3) is 0.333. The molecule has 1 amide bonds. The summed E-state index contributed by atoms with van der Waals surface area (Å²) in [5.74, 6) is -0.624. The Morgan fingerprint density at radius 1 is 1.21 bits per heavy atom. The lowest BCUT2D eigenvalue weighted by Gasteiger charge is -2.17. The molecule has 10 nitrogen and oxygen atoms in total. The van der Waals surface area contributed by atoms with E-state index in [0.717, 1.165) is 6.92 Å². The number of aromatic nitrogens is 1. The molecule has 1 aromatic carbocycles. The average Bonchev–Trinajstić information content (AvgIpc) is 2.59. The van der Waals surface area contributed by atoms with Gasteiger partial charge in [-0.25, -0.2) is 8.42 Å². The molecular formula is C15H19ClN3O7PS. The summed E-state index contributed by atoms with van der Waals surface area (Å²) in [6.45, 7) is 4.39. The van der Waals surface area contributed by atoms with Gasteiger partial charge in [0.2, 0.25) is 5.91 Å². The predicted molar refractivity (Wildman–Crippen MR) is 104 cm³/mol. The molecule has 1 aromatic heterocycles. The van der Waals surface area contributed by atoms with Crippen LogP contribution in [-0.4, -0.2) is 32.5 Å². The smallest absolute Gasteiger partial charge is 0.321 e. The third kappa shape index (κ3) is 4.80. The number of halogens is 1. The first-order valence-corrected chi connectivity index (χ1v) is 11.5. The molecule has 28 heavy (non-hydrogen) atoms. The van der Waals surface area contributed by atoms with Crippen molar-refractivity contribution in [3.8, 4) is 0 Å². The zero-order chi connectivity index (χ0) is 21.1. The first kappa shape index (κ1) is 22.5. The molecule has 3 N–H and O–H groups in total. The maximum Gasteiger partial charge on any atom is 0.366 e. The number of H-pyrrole nitrogens is 1. The number of amides is 1. The lowest BCUT2D eigenvalue weighted by atomic mass is 10.2. The van der Waals surface area contributed by atoms with Gasteiger partial charge >= 0.3 is 7.60 Å². The van der Waals surface area contributed by atoms with E-state index >= 15 is 0 Å². The van der Waals surface area contributed by atoms with Gasteiger partial charge in [-0.1, -0.05) is 11.6 Å². The number of benzene rings is 1. The van der Waals surface area contributed by atoms with Gasteiger partial charge in [-0.3, -0.25) is 19.6 Å². The third-order valence-electron chi connectivity index (χ3n) is 3.42. The minimum atomic E-state index is -4.19. The van der Waals surface area contributed by atoms with Crippen molar-refractivity contribution in [3.05, 3.63) is 33.6 Å². The summed E-state index contributed by atoms with van der Waals surface area (Å²) in [5, 5.41) is -0.224. The molecule has 2 aromatic rings. The van der Waals surface area contributed by atoms with Gasteiger partial charge in [-0.05, 0) is 32.0 Å². The van der Waals surface area contributed by atoms with Crippen molar-refractivity contribution in [2.75, 3.05) is 13.2 Å². The number of aromatic amines is 1. The van der Waals surface area contributed by atoms with E-state index in [0.29, 0.717) is 0 Å². The zero-order valence-electron chi connectivity index (χ0n) is 15.2. The van der Waals surface area contributed by atoms with Crippen LogP contribution in [0.4, 0.5) is 0 Å². The number of carbonyl (C=O) groups excluding carboxylic acids is 1. The largest absolute Gasteiger partial charge is 0.366 e. The Labute approximate surface area is 166 Å².